The minimum absolute atomic E-state index is 0.755. The first kappa shape index (κ1) is 12.3. The number of hydrogen-bond donors (Lipinski definition) is 1. The molecule has 5 nitrogen and oxygen atoms in total. The summed E-state index contributed by atoms with van der Waals surface area (Å²) in [5.41, 5.74) is 7.38. The minimum Gasteiger partial charge on any atom is -0.339 e. The molecule has 1 aromatic carbocycles. The fourth-order valence-corrected chi connectivity index (χ4v) is 2.66. The summed E-state index contributed by atoms with van der Waals surface area (Å²) in [6.45, 7) is 2.80. The van der Waals surface area contributed by atoms with Crippen molar-refractivity contribution in [2.45, 2.75) is 19.3 Å². The Kier molecular flexibility index (Phi) is 3.55. The van der Waals surface area contributed by atoms with Crippen LogP contribution < -0.4 is 10.6 Å². The van der Waals surface area contributed by atoms with Crippen molar-refractivity contribution in [3.05, 3.63) is 24.3 Å². The topological polar surface area (TPSA) is 67.9 Å². The number of nitrogens with zero attached hydrogens (tertiary/aromatic N) is 4. The van der Waals surface area contributed by atoms with Crippen LogP contribution in [-0.4, -0.2) is 34.8 Å². The van der Waals surface area contributed by atoms with E-state index >= 15 is 0 Å². The lowest BCUT2D eigenvalue weighted by molar-refractivity contribution is 0.383. The molecule has 0 saturated carbocycles. The van der Waals surface area contributed by atoms with E-state index in [0.29, 0.717) is 0 Å². The van der Waals surface area contributed by atoms with Crippen LogP contribution in [0.3, 0.4) is 0 Å². The number of piperidine rings is 1. The van der Waals surface area contributed by atoms with Gasteiger partial charge in [0.25, 0.3) is 0 Å². The van der Waals surface area contributed by atoms with Crippen LogP contribution in [0.1, 0.15) is 19.3 Å². The van der Waals surface area contributed by atoms with Crippen LogP contribution in [0.5, 0.6) is 0 Å². The standard InChI is InChI=1S/C14H19N5/c15-8-5-11-6-9-19(10-7-11)14-16-12-3-1-2-4-13(12)17-18-14/h1-4,11H,5-10,15H2. The average Bonchev–Trinajstić information content (AvgIpc) is 2.48. The highest BCUT2D eigenvalue weighted by atomic mass is 15.3. The number of anilines is 1. The van der Waals surface area contributed by atoms with Crippen molar-refractivity contribution in [2.24, 2.45) is 11.7 Å². The Morgan fingerprint density at radius 1 is 1.11 bits per heavy atom. The Morgan fingerprint density at radius 2 is 1.84 bits per heavy atom. The van der Waals surface area contributed by atoms with Gasteiger partial charge in [0.1, 0.15) is 5.52 Å². The molecule has 1 fully saturated rings. The van der Waals surface area contributed by atoms with E-state index in [0.717, 1.165) is 49.0 Å². The molecule has 0 aliphatic carbocycles. The molecule has 0 atom stereocenters. The van der Waals surface area contributed by atoms with E-state index in [4.69, 9.17) is 5.73 Å². The molecular formula is C14H19N5. The van der Waals surface area contributed by atoms with Crippen LogP contribution in [0, 0.1) is 5.92 Å². The third-order valence-corrected chi connectivity index (χ3v) is 3.82. The maximum atomic E-state index is 5.62. The fourth-order valence-electron chi connectivity index (χ4n) is 2.66. The average molecular weight is 257 g/mol. The van der Waals surface area contributed by atoms with Gasteiger partial charge in [-0.1, -0.05) is 12.1 Å². The molecule has 2 aromatic rings. The van der Waals surface area contributed by atoms with Gasteiger partial charge in [-0.2, -0.15) is 0 Å². The molecule has 2 N–H and O–H groups in total. The fraction of sp³-hybridized carbons (Fsp3) is 0.500. The van der Waals surface area contributed by atoms with Crippen LogP contribution in [0.2, 0.25) is 0 Å². The predicted molar refractivity (Wildman–Crippen MR) is 75.9 cm³/mol. The number of benzene rings is 1. The lowest BCUT2D eigenvalue weighted by Gasteiger charge is -2.31. The van der Waals surface area contributed by atoms with Crippen molar-refractivity contribution in [2.75, 3.05) is 24.5 Å². The Hall–Kier alpha value is -1.75. The predicted octanol–water partition coefficient (Wildman–Crippen LogP) is 1.59. The van der Waals surface area contributed by atoms with Gasteiger partial charge in [-0.3, -0.25) is 0 Å². The molecule has 1 aromatic heterocycles. The molecule has 1 aliphatic rings. The molecule has 0 unspecified atom stereocenters. The van der Waals surface area contributed by atoms with Crippen molar-refractivity contribution in [1.29, 1.82) is 0 Å². The quantitative estimate of drug-likeness (QED) is 0.904. The third-order valence-electron chi connectivity index (χ3n) is 3.82. The lowest BCUT2D eigenvalue weighted by atomic mass is 9.94. The van der Waals surface area contributed by atoms with E-state index in [9.17, 15) is 0 Å². The summed E-state index contributed by atoms with van der Waals surface area (Å²) in [6, 6.07) is 7.85. The van der Waals surface area contributed by atoms with Gasteiger partial charge < -0.3 is 10.6 Å². The second-order valence-corrected chi connectivity index (χ2v) is 5.11. The van der Waals surface area contributed by atoms with E-state index in [-0.39, 0.29) is 0 Å². The second kappa shape index (κ2) is 5.48. The molecule has 0 amide bonds. The van der Waals surface area contributed by atoms with E-state index in [1.165, 1.54) is 12.8 Å². The highest BCUT2D eigenvalue weighted by Gasteiger charge is 2.20. The molecular weight excluding hydrogens is 238 g/mol. The number of rotatable bonds is 3. The molecule has 100 valence electrons. The zero-order valence-corrected chi connectivity index (χ0v) is 11.0. The summed E-state index contributed by atoms with van der Waals surface area (Å²) in [5.74, 6) is 1.51. The van der Waals surface area contributed by atoms with Crippen molar-refractivity contribution in [3.8, 4) is 0 Å². The van der Waals surface area contributed by atoms with Crippen molar-refractivity contribution >= 4 is 17.0 Å². The largest absolute Gasteiger partial charge is 0.339 e. The van der Waals surface area contributed by atoms with Crippen LogP contribution >= 0.6 is 0 Å². The van der Waals surface area contributed by atoms with E-state index < -0.39 is 0 Å². The summed E-state index contributed by atoms with van der Waals surface area (Å²) in [5, 5.41) is 8.48. The Bertz CT molecular complexity index is 548. The van der Waals surface area contributed by atoms with Crippen LogP contribution in [0.4, 0.5) is 5.95 Å². The highest BCUT2D eigenvalue weighted by molar-refractivity contribution is 5.74. The first-order chi connectivity index (χ1) is 9.36. The first-order valence-electron chi connectivity index (χ1n) is 6.91. The molecule has 0 spiro atoms. The number of fused-ring (bicyclic) bond motifs is 1. The first-order valence-corrected chi connectivity index (χ1v) is 6.91. The van der Waals surface area contributed by atoms with Gasteiger partial charge in [0.05, 0.1) is 5.52 Å². The summed E-state index contributed by atoms with van der Waals surface area (Å²) < 4.78 is 0. The zero-order chi connectivity index (χ0) is 13.1. The van der Waals surface area contributed by atoms with Gasteiger partial charge in [-0.25, -0.2) is 4.98 Å². The normalized spacial score (nSPS) is 17.0. The van der Waals surface area contributed by atoms with Crippen molar-refractivity contribution < 1.29 is 0 Å². The summed E-state index contributed by atoms with van der Waals surface area (Å²) in [6.07, 6.45) is 3.48. The molecule has 3 rings (SSSR count). The molecule has 0 bridgehead atoms. The maximum Gasteiger partial charge on any atom is 0.245 e. The minimum atomic E-state index is 0.755. The second-order valence-electron chi connectivity index (χ2n) is 5.11. The van der Waals surface area contributed by atoms with Gasteiger partial charge in [0.15, 0.2) is 0 Å². The van der Waals surface area contributed by atoms with Gasteiger partial charge in [-0.05, 0) is 43.9 Å². The van der Waals surface area contributed by atoms with E-state index in [1.807, 2.05) is 24.3 Å². The van der Waals surface area contributed by atoms with Gasteiger partial charge in [-0.15, -0.1) is 10.2 Å². The lowest BCUT2D eigenvalue weighted by Crippen LogP contribution is -2.35. The van der Waals surface area contributed by atoms with E-state index in [2.05, 4.69) is 20.1 Å². The maximum absolute atomic E-state index is 5.62. The monoisotopic (exact) mass is 257 g/mol. The molecule has 2 heterocycles. The van der Waals surface area contributed by atoms with Crippen LogP contribution in [-0.2, 0) is 0 Å². The number of para-hydroxylation sites is 1. The molecule has 1 saturated heterocycles. The Labute approximate surface area is 112 Å². The van der Waals surface area contributed by atoms with Gasteiger partial charge in [0, 0.05) is 13.1 Å². The molecule has 19 heavy (non-hydrogen) atoms. The molecule has 1 aliphatic heterocycles. The van der Waals surface area contributed by atoms with E-state index in [1.54, 1.807) is 0 Å². The number of aromatic nitrogens is 3. The summed E-state index contributed by atoms with van der Waals surface area (Å²) in [4.78, 5) is 6.83. The molecule has 0 radical (unpaired) electrons. The van der Waals surface area contributed by atoms with Crippen molar-refractivity contribution in [3.63, 3.8) is 0 Å². The van der Waals surface area contributed by atoms with Crippen LogP contribution in [0.25, 0.3) is 11.0 Å². The third kappa shape index (κ3) is 2.66. The smallest absolute Gasteiger partial charge is 0.245 e. The molecule has 5 heteroatoms. The van der Waals surface area contributed by atoms with Gasteiger partial charge in [0.2, 0.25) is 5.95 Å². The summed E-state index contributed by atoms with van der Waals surface area (Å²) in [7, 11) is 0. The zero-order valence-electron chi connectivity index (χ0n) is 11.0. The van der Waals surface area contributed by atoms with Crippen molar-refractivity contribution in [1.82, 2.24) is 15.2 Å². The summed E-state index contributed by atoms with van der Waals surface area (Å²) >= 11 is 0. The Morgan fingerprint density at radius 3 is 2.58 bits per heavy atom. The Balaban J connectivity index is 1.74. The highest BCUT2D eigenvalue weighted by Crippen LogP contribution is 2.23. The van der Waals surface area contributed by atoms with Crippen LogP contribution in [0.15, 0.2) is 24.3 Å². The number of hydrogen-bond acceptors (Lipinski definition) is 5. The number of nitrogens with two attached hydrogens (primary N) is 1. The van der Waals surface area contributed by atoms with Gasteiger partial charge >= 0.3 is 0 Å². The SMILES string of the molecule is NCCC1CCN(c2nnc3ccccc3n2)CC1.